The van der Waals surface area contributed by atoms with Crippen LogP contribution in [-0.2, 0) is 6.18 Å². The zero-order valence-electron chi connectivity index (χ0n) is 12.2. The van der Waals surface area contributed by atoms with Crippen molar-refractivity contribution in [2.45, 2.75) is 32.5 Å². The van der Waals surface area contributed by atoms with Gasteiger partial charge in [-0.05, 0) is 38.8 Å². The van der Waals surface area contributed by atoms with Gasteiger partial charge in [0.2, 0.25) is 0 Å². The van der Waals surface area contributed by atoms with Gasteiger partial charge >= 0.3 is 6.18 Å². The molecule has 1 fully saturated rings. The van der Waals surface area contributed by atoms with Crippen molar-refractivity contribution < 1.29 is 13.2 Å². The number of hydrogen-bond acceptors (Lipinski definition) is 4. The van der Waals surface area contributed by atoms with Crippen molar-refractivity contribution >= 4 is 11.4 Å². The van der Waals surface area contributed by atoms with Gasteiger partial charge in [0.15, 0.2) is 0 Å². The van der Waals surface area contributed by atoms with Gasteiger partial charge in [-0.25, -0.2) is 4.98 Å². The smallest absolute Gasteiger partial charge is 0.396 e. The van der Waals surface area contributed by atoms with Crippen molar-refractivity contribution in [1.82, 2.24) is 9.88 Å². The van der Waals surface area contributed by atoms with Crippen molar-refractivity contribution in [1.29, 1.82) is 0 Å². The van der Waals surface area contributed by atoms with Gasteiger partial charge in [-0.15, -0.1) is 0 Å². The van der Waals surface area contributed by atoms with E-state index < -0.39 is 11.9 Å². The van der Waals surface area contributed by atoms with E-state index in [-0.39, 0.29) is 5.69 Å². The monoisotopic (exact) mass is 302 g/mol. The molecule has 0 amide bonds. The molecule has 1 aliphatic rings. The number of nitrogen functional groups attached to an aromatic ring is 1. The van der Waals surface area contributed by atoms with E-state index in [1.165, 1.54) is 0 Å². The molecule has 0 saturated carbocycles. The Morgan fingerprint density at radius 3 is 2.76 bits per heavy atom. The van der Waals surface area contributed by atoms with E-state index >= 15 is 0 Å². The largest absolute Gasteiger partial charge is 0.433 e. The summed E-state index contributed by atoms with van der Waals surface area (Å²) in [7, 11) is 0. The minimum atomic E-state index is -4.45. The predicted octanol–water partition coefficient (Wildman–Crippen LogP) is 2.82. The second-order valence-electron chi connectivity index (χ2n) is 5.78. The maximum atomic E-state index is 12.6. The molecule has 1 aromatic rings. The van der Waals surface area contributed by atoms with E-state index in [4.69, 9.17) is 5.73 Å². The number of aromatic nitrogens is 1. The molecule has 0 aliphatic carbocycles. The molecule has 1 aromatic heterocycles. The first-order valence-corrected chi connectivity index (χ1v) is 7.08. The van der Waals surface area contributed by atoms with Crippen molar-refractivity contribution in [3.05, 3.63) is 18.0 Å². The van der Waals surface area contributed by atoms with Gasteiger partial charge < -0.3 is 16.0 Å². The topological polar surface area (TPSA) is 54.2 Å². The van der Waals surface area contributed by atoms with Gasteiger partial charge in [-0.2, -0.15) is 13.2 Å². The number of nitrogens with one attached hydrogen (secondary N) is 1. The van der Waals surface area contributed by atoms with Crippen LogP contribution >= 0.6 is 0 Å². The maximum Gasteiger partial charge on any atom is 0.433 e. The van der Waals surface area contributed by atoms with Crippen molar-refractivity contribution in [2.75, 3.05) is 30.7 Å². The quantitative estimate of drug-likeness (QED) is 0.898. The highest BCUT2D eigenvalue weighted by molar-refractivity contribution is 5.65. The van der Waals surface area contributed by atoms with E-state index in [1.807, 2.05) is 0 Å². The number of alkyl halides is 3. The van der Waals surface area contributed by atoms with Crippen LogP contribution < -0.4 is 11.1 Å². The summed E-state index contributed by atoms with van der Waals surface area (Å²) in [5.74, 6) is 0.425. The summed E-state index contributed by atoms with van der Waals surface area (Å²) >= 11 is 0. The average molecular weight is 302 g/mol. The molecule has 0 bridgehead atoms. The van der Waals surface area contributed by atoms with E-state index in [1.54, 1.807) is 0 Å². The molecule has 2 heterocycles. The molecule has 2 rings (SSSR count). The standard InChI is InChI=1S/C14H21F3N4/c1-9(2)21-4-3-10(8-21)6-19-12-5-13(14(15,16)17)20-7-11(12)18/h5,7,9-10H,3-4,6,8,18H2,1-2H3,(H,19,20). The van der Waals surface area contributed by atoms with E-state index in [9.17, 15) is 13.2 Å². The van der Waals surface area contributed by atoms with Crippen LogP contribution in [0.25, 0.3) is 0 Å². The van der Waals surface area contributed by atoms with Crippen LogP contribution in [0, 0.1) is 5.92 Å². The minimum absolute atomic E-state index is 0.238. The van der Waals surface area contributed by atoms with Gasteiger partial charge in [0.05, 0.1) is 17.6 Å². The molecule has 1 aliphatic heterocycles. The summed E-state index contributed by atoms with van der Waals surface area (Å²) in [5, 5.41) is 3.04. The predicted molar refractivity (Wildman–Crippen MR) is 77.0 cm³/mol. The zero-order chi connectivity index (χ0) is 15.6. The molecule has 21 heavy (non-hydrogen) atoms. The summed E-state index contributed by atoms with van der Waals surface area (Å²) in [6.07, 6.45) is -2.35. The number of hydrogen-bond donors (Lipinski definition) is 2. The Balaban J connectivity index is 1.97. The Labute approximate surface area is 122 Å². The lowest BCUT2D eigenvalue weighted by Gasteiger charge is -2.20. The van der Waals surface area contributed by atoms with E-state index in [0.29, 0.717) is 24.2 Å². The summed E-state index contributed by atoms with van der Waals surface area (Å²) in [4.78, 5) is 5.69. The van der Waals surface area contributed by atoms with Gasteiger partial charge in [0.1, 0.15) is 5.69 Å². The first kappa shape index (κ1) is 15.9. The Bertz CT molecular complexity index is 488. The molecular weight excluding hydrogens is 281 g/mol. The lowest BCUT2D eigenvalue weighted by Crippen LogP contribution is -2.29. The Kier molecular flexibility index (Phi) is 4.61. The highest BCUT2D eigenvalue weighted by Crippen LogP contribution is 2.31. The number of nitrogens with zero attached hydrogens (tertiary/aromatic N) is 2. The normalized spacial score (nSPS) is 20.2. The molecule has 3 N–H and O–H groups in total. The first-order valence-electron chi connectivity index (χ1n) is 7.08. The Morgan fingerprint density at radius 2 is 2.19 bits per heavy atom. The molecule has 1 atom stereocenters. The number of rotatable bonds is 4. The van der Waals surface area contributed by atoms with Gasteiger partial charge in [-0.1, -0.05) is 0 Å². The van der Waals surface area contributed by atoms with Crippen LogP contribution in [0.15, 0.2) is 12.3 Å². The van der Waals surface area contributed by atoms with Crippen molar-refractivity contribution in [3.8, 4) is 0 Å². The van der Waals surface area contributed by atoms with Gasteiger partial charge in [-0.3, -0.25) is 0 Å². The lowest BCUT2D eigenvalue weighted by molar-refractivity contribution is -0.141. The summed E-state index contributed by atoms with van der Waals surface area (Å²) in [6.45, 7) is 6.90. The van der Waals surface area contributed by atoms with Crippen LogP contribution in [0.2, 0.25) is 0 Å². The fourth-order valence-corrected chi connectivity index (χ4v) is 2.53. The molecule has 4 nitrogen and oxygen atoms in total. The zero-order valence-corrected chi connectivity index (χ0v) is 12.2. The van der Waals surface area contributed by atoms with Gasteiger partial charge in [0.25, 0.3) is 0 Å². The maximum absolute atomic E-state index is 12.6. The van der Waals surface area contributed by atoms with Crippen LogP contribution in [0.3, 0.4) is 0 Å². The highest BCUT2D eigenvalue weighted by Gasteiger charge is 2.33. The second kappa shape index (κ2) is 6.09. The average Bonchev–Trinajstić information content (AvgIpc) is 2.85. The summed E-state index contributed by atoms with van der Waals surface area (Å²) < 4.78 is 37.9. The van der Waals surface area contributed by atoms with Gasteiger partial charge in [0, 0.05) is 19.1 Å². The number of anilines is 2. The lowest BCUT2D eigenvalue weighted by atomic mass is 10.1. The number of pyridine rings is 1. The fourth-order valence-electron chi connectivity index (χ4n) is 2.53. The minimum Gasteiger partial charge on any atom is -0.396 e. The van der Waals surface area contributed by atoms with E-state index in [2.05, 4.69) is 29.0 Å². The molecule has 0 spiro atoms. The third kappa shape index (κ3) is 4.00. The molecule has 1 saturated heterocycles. The van der Waals surface area contributed by atoms with E-state index in [0.717, 1.165) is 31.8 Å². The number of likely N-dealkylation sites (tertiary alicyclic amines) is 1. The first-order chi connectivity index (χ1) is 9.77. The number of nitrogens with two attached hydrogens (primary N) is 1. The molecule has 1 unspecified atom stereocenters. The van der Waals surface area contributed by atoms with Crippen LogP contribution in [0.1, 0.15) is 26.0 Å². The summed E-state index contributed by atoms with van der Waals surface area (Å²) in [6, 6.07) is 1.47. The van der Waals surface area contributed by atoms with Crippen LogP contribution in [-0.4, -0.2) is 35.6 Å². The Hall–Kier alpha value is -1.50. The SMILES string of the molecule is CC(C)N1CCC(CNc2cc(C(F)(F)F)ncc2N)C1. The summed E-state index contributed by atoms with van der Waals surface area (Å²) in [5.41, 5.74) is 5.31. The molecule has 7 heteroatoms. The second-order valence-corrected chi connectivity index (χ2v) is 5.78. The molecule has 118 valence electrons. The highest BCUT2D eigenvalue weighted by atomic mass is 19.4. The van der Waals surface area contributed by atoms with Crippen molar-refractivity contribution in [2.24, 2.45) is 5.92 Å². The van der Waals surface area contributed by atoms with Crippen LogP contribution in [0.5, 0.6) is 0 Å². The van der Waals surface area contributed by atoms with Crippen molar-refractivity contribution in [3.63, 3.8) is 0 Å². The third-order valence-corrected chi connectivity index (χ3v) is 3.85. The molecular formula is C14H21F3N4. The Morgan fingerprint density at radius 1 is 1.48 bits per heavy atom. The third-order valence-electron chi connectivity index (χ3n) is 3.85. The molecule has 0 aromatic carbocycles. The molecule has 0 radical (unpaired) electrons. The fraction of sp³-hybridized carbons (Fsp3) is 0.643. The van der Waals surface area contributed by atoms with Crippen LogP contribution in [0.4, 0.5) is 24.5 Å². The number of halogens is 3.